The fourth-order valence-electron chi connectivity index (χ4n) is 1.53. The molecule has 0 saturated heterocycles. The first-order chi connectivity index (χ1) is 6.91. The van der Waals surface area contributed by atoms with Gasteiger partial charge in [-0.2, -0.15) is 0 Å². The maximum absolute atomic E-state index is 12.3. The normalized spacial score (nSPS) is 18.9. The maximum Gasteiger partial charge on any atom is 0.482 e. The summed E-state index contributed by atoms with van der Waals surface area (Å²) < 4.78 is 36.8. The second-order valence-corrected chi connectivity index (χ2v) is 3.84. The molecule has 0 radical (unpaired) electrons. The van der Waals surface area contributed by atoms with Gasteiger partial charge in [0.05, 0.1) is 5.69 Å². The van der Waals surface area contributed by atoms with Gasteiger partial charge < -0.3 is 18.1 Å². The van der Waals surface area contributed by atoms with Crippen LogP contribution in [-0.2, 0) is 11.9 Å². The number of hydrogen-bond acceptors (Lipinski definition) is 3. The van der Waals surface area contributed by atoms with E-state index in [2.05, 4.69) is 9.97 Å². The average Bonchev–Trinajstić information content (AvgIpc) is 2.83. The first-order valence-electron chi connectivity index (χ1n) is 4.63. The van der Waals surface area contributed by atoms with Crippen LogP contribution in [0.4, 0.5) is 12.9 Å². The van der Waals surface area contributed by atoms with Crippen molar-refractivity contribution < 1.29 is 18.1 Å². The fraction of sp³-hybridized carbons (Fsp3) is 0.500. The molecule has 0 amide bonds. The van der Waals surface area contributed by atoms with Gasteiger partial charge in [0.25, 0.3) is 0 Å². The van der Waals surface area contributed by atoms with E-state index in [4.69, 9.17) is 0 Å². The van der Waals surface area contributed by atoms with Crippen molar-refractivity contribution in [3.8, 4) is 0 Å². The quantitative estimate of drug-likeness (QED) is 0.778. The molecule has 0 spiro atoms. The summed E-state index contributed by atoms with van der Waals surface area (Å²) in [5.74, 6) is 0. The van der Waals surface area contributed by atoms with E-state index in [1.54, 1.807) is 0 Å². The predicted molar refractivity (Wildman–Crippen MR) is 47.9 cm³/mol. The molecule has 15 heavy (non-hydrogen) atoms. The number of halogens is 3. The van der Waals surface area contributed by atoms with Gasteiger partial charge in [-0.15, -0.1) is 0 Å². The highest BCUT2D eigenvalue weighted by Crippen LogP contribution is 2.45. The maximum atomic E-state index is 12.3. The summed E-state index contributed by atoms with van der Waals surface area (Å²) in [6, 6.07) is 0. The molecular weight excluding hydrogens is 208 g/mol. The van der Waals surface area contributed by atoms with Crippen LogP contribution in [0.3, 0.4) is 0 Å². The van der Waals surface area contributed by atoms with Crippen molar-refractivity contribution in [3.63, 3.8) is 0 Å². The van der Waals surface area contributed by atoms with Crippen molar-refractivity contribution in [3.05, 3.63) is 23.8 Å². The van der Waals surface area contributed by atoms with Crippen LogP contribution in [0.2, 0.25) is 0 Å². The zero-order valence-electron chi connectivity index (χ0n) is 7.83. The molecule has 0 bridgehead atoms. The third-order valence-electron chi connectivity index (χ3n) is 2.40. The molecule has 1 aromatic heterocycles. The van der Waals surface area contributed by atoms with Crippen LogP contribution in [0.15, 0.2) is 12.5 Å². The van der Waals surface area contributed by atoms with Crippen LogP contribution in [0.25, 0.3) is 0 Å². The summed E-state index contributed by atoms with van der Waals surface area (Å²) in [5.41, 5.74) is -1.01. The second kappa shape index (κ2) is 3.20. The SMILES string of the molecule is OC1(c2ncncc2C[B-](F)(F)F)CC1. The first-order valence-corrected chi connectivity index (χ1v) is 4.63. The van der Waals surface area contributed by atoms with Crippen molar-refractivity contribution in [1.82, 2.24) is 9.97 Å². The lowest BCUT2D eigenvalue weighted by atomic mass is 9.81. The highest BCUT2D eigenvalue weighted by atomic mass is 19.4. The van der Waals surface area contributed by atoms with Crippen LogP contribution in [0.1, 0.15) is 24.1 Å². The summed E-state index contributed by atoms with van der Waals surface area (Å²) >= 11 is 0. The predicted octanol–water partition coefficient (Wildman–Crippen LogP) is 1.39. The molecule has 1 aromatic rings. The monoisotopic (exact) mass is 217 g/mol. The highest BCUT2D eigenvalue weighted by molar-refractivity contribution is 6.57. The van der Waals surface area contributed by atoms with Crippen molar-refractivity contribution in [1.29, 1.82) is 0 Å². The van der Waals surface area contributed by atoms with E-state index in [9.17, 15) is 18.1 Å². The molecule has 0 aliphatic heterocycles. The summed E-state index contributed by atoms with van der Waals surface area (Å²) in [6.45, 7) is -4.92. The third-order valence-corrected chi connectivity index (χ3v) is 2.40. The number of nitrogens with zero attached hydrogens (tertiary/aromatic N) is 2. The minimum absolute atomic E-state index is 0.00926. The molecule has 1 aliphatic rings. The summed E-state index contributed by atoms with van der Waals surface area (Å²) in [5, 5.41) is 9.73. The minimum atomic E-state index is -4.92. The van der Waals surface area contributed by atoms with Crippen LogP contribution in [0, 0.1) is 0 Å². The molecule has 7 heteroatoms. The van der Waals surface area contributed by atoms with E-state index in [0.717, 1.165) is 6.20 Å². The Bertz CT molecular complexity index is 378. The lowest BCUT2D eigenvalue weighted by Gasteiger charge is -2.17. The van der Waals surface area contributed by atoms with Gasteiger partial charge >= 0.3 is 6.98 Å². The number of rotatable bonds is 3. The van der Waals surface area contributed by atoms with Gasteiger partial charge in [-0.25, -0.2) is 9.97 Å². The fourth-order valence-corrected chi connectivity index (χ4v) is 1.53. The van der Waals surface area contributed by atoms with Crippen LogP contribution in [0.5, 0.6) is 0 Å². The molecule has 1 heterocycles. The Kier molecular flexibility index (Phi) is 2.22. The Labute approximate surface area is 84.4 Å². The zero-order chi connectivity index (χ0) is 11.1. The Hall–Kier alpha value is -1.11. The Morgan fingerprint density at radius 2 is 2.07 bits per heavy atom. The van der Waals surface area contributed by atoms with Crippen molar-refractivity contribution in [2.24, 2.45) is 0 Å². The minimum Gasteiger partial charge on any atom is -0.449 e. The van der Waals surface area contributed by atoms with Crippen LogP contribution >= 0.6 is 0 Å². The molecule has 1 fully saturated rings. The topological polar surface area (TPSA) is 46.0 Å². The van der Waals surface area contributed by atoms with E-state index < -0.39 is 18.9 Å². The van der Waals surface area contributed by atoms with Gasteiger partial charge in [-0.1, -0.05) is 6.32 Å². The molecule has 1 aliphatic carbocycles. The smallest absolute Gasteiger partial charge is 0.449 e. The zero-order valence-corrected chi connectivity index (χ0v) is 7.83. The lowest BCUT2D eigenvalue weighted by Crippen LogP contribution is -2.23. The molecule has 0 atom stereocenters. The molecule has 82 valence electrons. The van der Waals surface area contributed by atoms with Gasteiger partial charge in [0, 0.05) is 6.20 Å². The van der Waals surface area contributed by atoms with Crippen molar-refractivity contribution in [2.45, 2.75) is 24.8 Å². The van der Waals surface area contributed by atoms with E-state index >= 15 is 0 Å². The molecule has 0 aromatic carbocycles. The van der Waals surface area contributed by atoms with E-state index in [0.29, 0.717) is 12.8 Å². The van der Waals surface area contributed by atoms with Gasteiger partial charge in [0.2, 0.25) is 0 Å². The largest absolute Gasteiger partial charge is 0.482 e. The average molecular weight is 217 g/mol. The lowest BCUT2D eigenvalue weighted by molar-refractivity contribution is 0.145. The van der Waals surface area contributed by atoms with E-state index in [1.165, 1.54) is 6.33 Å². The molecule has 3 nitrogen and oxygen atoms in total. The van der Waals surface area contributed by atoms with Crippen molar-refractivity contribution in [2.75, 3.05) is 0 Å². The first kappa shape index (κ1) is 10.4. The van der Waals surface area contributed by atoms with Crippen molar-refractivity contribution >= 4 is 6.98 Å². The van der Waals surface area contributed by atoms with Crippen LogP contribution in [-0.4, -0.2) is 22.1 Å². The molecule has 0 unspecified atom stereocenters. The Balaban J connectivity index is 2.31. The second-order valence-electron chi connectivity index (χ2n) is 3.84. The van der Waals surface area contributed by atoms with Gasteiger partial charge in [0.15, 0.2) is 0 Å². The van der Waals surface area contributed by atoms with E-state index in [-0.39, 0.29) is 11.3 Å². The molecule has 1 N–H and O–H groups in total. The standard InChI is InChI=1S/C8H9BF3N2O/c10-9(11,12)3-6-4-13-5-14-7(6)8(15)1-2-8/h4-5,15H,1-3H2/q-1. The summed E-state index contributed by atoms with van der Waals surface area (Å²) in [6.07, 6.45) is 2.22. The highest BCUT2D eigenvalue weighted by Gasteiger charge is 2.45. The Morgan fingerprint density at radius 1 is 1.40 bits per heavy atom. The molecular formula is C8H9BF3N2O-. The van der Waals surface area contributed by atoms with E-state index in [1.807, 2.05) is 0 Å². The molecule has 1 saturated carbocycles. The van der Waals surface area contributed by atoms with Gasteiger partial charge in [0.1, 0.15) is 11.9 Å². The molecule has 2 rings (SSSR count). The van der Waals surface area contributed by atoms with Gasteiger partial charge in [-0.05, 0) is 18.4 Å². The summed E-state index contributed by atoms with van der Waals surface area (Å²) in [4.78, 5) is 7.30. The number of aliphatic hydroxyl groups is 1. The van der Waals surface area contributed by atoms with Gasteiger partial charge in [-0.3, -0.25) is 0 Å². The Morgan fingerprint density at radius 3 is 2.60 bits per heavy atom. The summed E-state index contributed by atoms with van der Waals surface area (Å²) in [7, 11) is 0. The van der Waals surface area contributed by atoms with Crippen LogP contribution < -0.4 is 0 Å². The number of hydrogen-bond donors (Lipinski definition) is 1. The third kappa shape index (κ3) is 2.28. The number of aromatic nitrogens is 2.